The Bertz CT molecular complexity index is 342. The van der Waals surface area contributed by atoms with E-state index in [-0.39, 0.29) is 19.0 Å². The summed E-state index contributed by atoms with van der Waals surface area (Å²) in [7, 11) is 0. The summed E-state index contributed by atoms with van der Waals surface area (Å²) in [5.41, 5.74) is 7.18. The zero-order valence-corrected chi connectivity index (χ0v) is 8.64. The molecule has 0 spiro atoms. The molecule has 0 radical (unpaired) electrons. The second-order valence-electron chi connectivity index (χ2n) is 3.50. The van der Waals surface area contributed by atoms with Gasteiger partial charge in [-0.2, -0.15) is 0 Å². The summed E-state index contributed by atoms with van der Waals surface area (Å²) in [6, 6.07) is -0.442. The van der Waals surface area contributed by atoms with E-state index in [1.807, 2.05) is 0 Å². The Morgan fingerprint density at radius 2 is 2.13 bits per heavy atom. The quantitative estimate of drug-likeness (QED) is 0.536. The summed E-state index contributed by atoms with van der Waals surface area (Å²) in [6.45, 7) is 1.31. The molecule has 0 aliphatic heterocycles. The molecule has 1 aromatic heterocycles. The second-order valence-corrected chi connectivity index (χ2v) is 3.50. The number of nitrogens with two attached hydrogens (primary N) is 1. The van der Waals surface area contributed by atoms with Crippen molar-refractivity contribution in [2.24, 2.45) is 5.73 Å². The molecule has 5 nitrogen and oxygen atoms in total. The Morgan fingerprint density at radius 3 is 2.67 bits per heavy atom. The lowest BCUT2D eigenvalue weighted by molar-refractivity contribution is 0.260. The topological polar surface area (TPSA) is 99.6 Å². The van der Waals surface area contributed by atoms with E-state index in [4.69, 9.17) is 15.9 Å². The maximum atomic E-state index is 9.74. The molecule has 5 N–H and O–H groups in total. The van der Waals surface area contributed by atoms with Crippen LogP contribution in [-0.2, 0) is 13.0 Å². The van der Waals surface area contributed by atoms with E-state index in [0.717, 1.165) is 0 Å². The number of pyridine rings is 1. The molecule has 1 unspecified atom stereocenters. The second kappa shape index (κ2) is 5.06. The smallest absolute Gasteiger partial charge is 0.140 e. The molecule has 0 aliphatic carbocycles. The lowest BCUT2D eigenvalue weighted by Gasteiger charge is -2.14. The van der Waals surface area contributed by atoms with Gasteiger partial charge in [-0.25, -0.2) is 0 Å². The van der Waals surface area contributed by atoms with Crippen molar-refractivity contribution in [1.82, 2.24) is 4.98 Å². The molecular weight excluding hydrogens is 196 g/mol. The number of hydrogen-bond donors (Lipinski definition) is 4. The zero-order valence-electron chi connectivity index (χ0n) is 8.64. The Hall–Kier alpha value is -1.17. The number of aromatic hydroxyl groups is 1. The monoisotopic (exact) mass is 212 g/mol. The minimum atomic E-state index is -0.442. The van der Waals surface area contributed by atoms with Crippen LogP contribution in [0.4, 0.5) is 0 Å². The molecule has 84 valence electrons. The Balaban J connectivity index is 3.06. The largest absolute Gasteiger partial charge is 0.506 e. The van der Waals surface area contributed by atoms with Gasteiger partial charge in [-0.15, -0.1) is 0 Å². The SMILES string of the molecule is Cc1ncc(CO)c(CC(N)CO)c1O. The first kappa shape index (κ1) is 11.9. The van der Waals surface area contributed by atoms with Gasteiger partial charge in [0, 0.05) is 23.4 Å². The molecule has 1 heterocycles. The Labute approximate surface area is 88.2 Å². The third kappa shape index (κ3) is 2.65. The summed E-state index contributed by atoms with van der Waals surface area (Å²) in [5, 5.41) is 27.6. The van der Waals surface area contributed by atoms with E-state index in [1.165, 1.54) is 6.20 Å². The first-order valence-electron chi connectivity index (χ1n) is 4.73. The third-order valence-electron chi connectivity index (χ3n) is 2.30. The average molecular weight is 212 g/mol. The Kier molecular flexibility index (Phi) is 4.02. The van der Waals surface area contributed by atoms with Gasteiger partial charge in [0.15, 0.2) is 0 Å². The summed E-state index contributed by atoms with van der Waals surface area (Å²) < 4.78 is 0. The molecule has 0 aliphatic rings. The number of aliphatic hydroxyl groups is 2. The zero-order chi connectivity index (χ0) is 11.4. The van der Waals surface area contributed by atoms with Crippen LogP contribution >= 0.6 is 0 Å². The van der Waals surface area contributed by atoms with Crippen molar-refractivity contribution in [1.29, 1.82) is 0 Å². The highest BCUT2D eigenvalue weighted by Gasteiger charge is 2.14. The fraction of sp³-hybridized carbons (Fsp3) is 0.500. The average Bonchev–Trinajstić information content (AvgIpc) is 2.25. The summed E-state index contributed by atoms with van der Waals surface area (Å²) in [6.07, 6.45) is 1.83. The van der Waals surface area contributed by atoms with Crippen LogP contribution < -0.4 is 5.73 Å². The first-order valence-corrected chi connectivity index (χ1v) is 4.73. The first-order chi connectivity index (χ1) is 7.10. The lowest BCUT2D eigenvalue weighted by atomic mass is 10.0. The van der Waals surface area contributed by atoms with Crippen LogP contribution in [0.2, 0.25) is 0 Å². The van der Waals surface area contributed by atoms with Crippen LogP contribution in [-0.4, -0.2) is 33.0 Å². The van der Waals surface area contributed by atoms with Crippen LogP contribution in [0.25, 0.3) is 0 Å². The number of hydrogen-bond acceptors (Lipinski definition) is 5. The molecule has 0 amide bonds. The molecule has 5 heteroatoms. The van der Waals surface area contributed by atoms with Crippen molar-refractivity contribution < 1.29 is 15.3 Å². The highest BCUT2D eigenvalue weighted by atomic mass is 16.3. The van der Waals surface area contributed by atoms with E-state index < -0.39 is 6.04 Å². The maximum absolute atomic E-state index is 9.74. The number of aromatic nitrogens is 1. The molecule has 1 rings (SSSR count). The van der Waals surface area contributed by atoms with E-state index in [9.17, 15) is 5.11 Å². The van der Waals surface area contributed by atoms with Crippen molar-refractivity contribution in [2.45, 2.75) is 26.0 Å². The minimum absolute atomic E-state index is 0.0467. The van der Waals surface area contributed by atoms with Crippen LogP contribution in [0.1, 0.15) is 16.8 Å². The maximum Gasteiger partial charge on any atom is 0.140 e. The molecule has 0 saturated heterocycles. The van der Waals surface area contributed by atoms with Crippen molar-refractivity contribution in [3.63, 3.8) is 0 Å². The number of aryl methyl sites for hydroxylation is 1. The van der Waals surface area contributed by atoms with E-state index in [0.29, 0.717) is 23.2 Å². The minimum Gasteiger partial charge on any atom is -0.506 e. The Morgan fingerprint density at radius 1 is 1.47 bits per heavy atom. The molecule has 0 bridgehead atoms. The van der Waals surface area contributed by atoms with Crippen molar-refractivity contribution in [3.8, 4) is 5.75 Å². The van der Waals surface area contributed by atoms with E-state index in [1.54, 1.807) is 6.92 Å². The van der Waals surface area contributed by atoms with E-state index in [2.05, 4.69) is 4.98 Å². The molecular formula is C10H16N2O3. The predicted molar refractivity (Wildman–Crippen MR) is 55.3 cm³/mol. The van der Waals surface area contributed by atoms with Gasteiger partial charge >= 0.3 is 0 Å². The van der Waals surface area contributed by atoms with Gasteiger partial charge in [0.25, 0.3) is 0 Å². The van der Waals surface area contributed by atoms with Gasteiger partial charge in [-0.3, -0.25) is 4.98 Å². The molecule has 0 fully saturated rings. The summed E-state index contributed by atoms with van der Waals surface area (Å²) in [5.74, 6) is 0.0467. The van der Waals surface area contributed by atoms with Crippen LogP contribution in [0, 0.1) is 6.92 Å². The van der Waals surface area contributed by atoms with Crippen LogP contribution in [0.15, 0.2) is 6.20 Å². The molecule has 0 aromatic carbocycles. The van der Waals surface area contributed by atoms with Crippen LogP contribution in [0.3, 0.4) is 0 Å². The van der Waals surface area contributed by atoms with Gasteiger partial charge < -0.3 is 21.1 Å². The highest BCUT2D eigenvalue weighted by molar-refractivity contribution is 5.41. The fourth-order valence-electron chi connectivity index (χ4n) is 1.38. The highest BCUT2D eigenvalue weighted by Crippen LogP contribution is 2.24. The third-order valence-corrected chi connectivity index (χ3v) is 2.30. The number of nitrogens with zero attached hydrogens (tertiary/aromatic N) is 1. The molecule has 1 aromatic rings. The van der Waals surface area contributed by atoms with Crippen molar-refractivity contribution in [2.75, 3.05) is 6.61 Å². The van der Waals surface area contributed by atoms with Crippen molar-refractivity contribution >= 4 is 0 Å². The molecule has 1 atom stereocenters. The number of aliphatic hydroxyl groups excluding tert-OH is 2. The standard InChI is InChI=1S/C10H16N2O3/c1-6-10(15)9(2-8(11)5-14)7(4-13)3-12-6/h3,8,13-15H,2,4-5,11H2,1H3. The van der Waals surface area contributed by atoms with Gasteiger partial charge in [0.1, 0.15) is 5.75 Å². The van der Waals surface area contributed by atoms with Gasteiger partial charge in [-0.1, -0.05) is 0 Å². The summed E-state index contributed by atoms with van der Waals surface area (Å²) in [4.78, 5) is 3.93. The number of rotatable bonds is 4. The molecule has 15 heavy (non-hydrogen) atoms. The lowest BCUT2D eigenvalue weighted by Crippen LogP contribution is -2.27. The predicted octanol–water partition coefficient (Wildman–Crippen LogP) is -0.550. The van der Waals surface area contributed by atoms with Crippen molar-refractivity contribution in [3.05, 3.63) is 23.0 Å². The van der Waals surface area contributed by atoms with Gasteiger partial charge in [0.2, 0.25) is 0 Å². The van der Waals surface area contributed by atoms with Gasteiger partial charge in [0.05, 0.1) is 18.9 Å². The van der Waals surface area contributed by atoms with E-state index >= 15 is 0 Å². The fourth-order valence-corrected chi connectivity index (χ4v) is 1.38. The normalized spacial score (nSPS) is 12.8. The van der Waals surface area contributed by atoms with Gasteiger partial charge in [-0.05, 0) is 13.3 Å². The summed E-state index contributed by atoms with van der Waals surface area (Å²) >= 11 is 0. The molecule has 0 saturated carbocycles. The van der Waals surface area contributed by atoms with Crippen LogP contribution in [0.5, 0.6) is 5.75 Å².